The molecular formula is C55H84O25. The highest BCUT2D eigenvalue weighted by molar-refractivity contribution is 5.68. The van der Waals surface area contributed by atoms with Crippen LogP contribution in [0.25, 0.3) is 0 Å². The first-order chi connectivity index (χ1) is 37.7. The van der Waals surface area contributed by atoms with Crippen molar-refractivity contribution in [3.8, 4) is 0 Å². The van der Waals surface area contributed by atoms with Gasteiger partial charge in [-0.2, -0.15) is 0 Å². The van der Waals surface area contributed by atoms with E-state index < -0.39 is 177 Å². The fraction of sp³-hybridized carbons (Fsp3) is 0.909. The van der Waals surface area contributed by atoms with Gasteiger partial charge in [0.15, 0.2) is 49.3 Å². The Kier molecular flexibility index (Phi) is 17.4. The first-order valence-electron chi connectivity index (χ1n) is 28.5. The van der Waals surface area contributed by atoms with Crippen molar-refractivity contribution < 1.29 is 122 Å². The number of rotatable bonds is 11. The minimum Gasteiger partial charge on any atom is -0.456 e. The van der Waals surface area contributed by atoms with Crippen molar-refractivity contribution in [1.82, 2.24) is 0 Å². The van der Waals surface area contributed by atoms with Gasteiger partial charge in [0, 0.05) is 44.4 Å². The van der Waals surface area contributed by atoms with Crippen molar-refractivity contribution >= 4 is 17.9 Å². The molecule has 6 aliphatic heterocycles. The lowest BCUT2D eigenvalue weighted by molar-refractivity contribution is -0.382. The van der Waals surface area contributed by atoms with Crippen LogP contribution in [0.4, 0.5) is 0 Å². The molecule has 10 aliphatic rings. The number of ether oxygens (including phenoxy) is 13. The van der Waals surface area contributed by atoms with Gasteiger partial charge in [0.25, 0.3) is 0 Å². The topological polar surface area (TPSA) is 353 Å². The molecule has 10 rings (SSSR count). The highest BCUT2D eigenvalue weighted by Gasteiger charge is 2.72. The number of hydrogen-bond donors (Lipinski definition) is 9. The Hall–Kier alpha value is -2.61. The number of allylic oxidation sites excluding steroid dienone is 1. The fourth-order valence-corrected chi connectivity index (χ4v) is 16.1. The van der Waals surface area contributed by atoms with E-state index in [-0.39, 0.29) is 60.1 Å². The maximum Gasteiger partial charge on any atom is 0.303 e. The quantitative estimate of drug-likeness (QED) is 0.0678. The second-order valence-corrected chi connectivity index (χ2v) is 25.0. The molecule has 3 saturated carbocycles. The Balaban J connectivity index is 0.925. The summed E-state index contributed by atoms with van der Waals surface area (Å²) in [7, 11) is 0. The van der Waals surface area contributed by atoms with Crippen LogP contribution in [-0.4, -0.2) is 231 Å². The van der Waals surface area contributed by atoms with Crippen LogP contribution in [0.1, 0.15) is 101 Å². The van der Waals surface area contributed by atoms with Crippen LogP contribution in [-0.2, 0) is 76.0 Å². The number of aliphatic hydroxyl groups excluding tert-OH is 9. The molecule has 1 spiro atoms. The minimum absolute atomic E-state index is 0.00707. The summed E-state index contributed by atoms with van der Waals surface area (Å²) in [6, 6.07) is 0. The molecule has 454 valence electrons. The third kappa shape index (κ3) is 10.5. The molecule has 0 amide bonds. The molecule has 6 heterocycles. The molecule has 0 aromatic carbocycles. The number of hydrogen-bond acceptors (Lipinski definition) is 25. The zero-order valence-electron chi connectivity index (χ0n) is 46.7. The van der Waals surface area contributed by atoms with Gasteiger partial charge in [0.05, 0.1) is 56.4 Å². The lowest BCUT2D eigenvalue weighted by Crippen LogP contribution is -2.66. The van der Waals surface area contributed by atoms with Crippen LogP contribution in [0.15, 0.2) is 11.6 Å². The Labute approximate surface area is 464 Å². The predicted octanol–water partition coefficient (Wildman–Crippen LogP) is -1.03. The first-order valence-corrected chi connectivity index (χ1v) is 28.5. The summed E-state index contributed by atoms with van der Waals surface area (Å²) in [5.41, 5.74) is -0.0257. The van der Waals surface area contributed by atoms with Crippen LogP contribution in [0, 0.1) is 46.3 Å². The van der Waals surface area contributed by atoms with E-state index in [4.69, 9.17) is 61.6 Å². The van der Waals surface area contributed by atoms with Gasteiger partial charge in [-0.05, 0) is 75.0 Å². The van der Waals surface area contributed by atoms with Crippen LogP contribution in [0.3, 0.4) is 0 Å². The average molecular weight is 1150 g/mol. The molecular weight excluding hydrogens is 1060 g/mol. The summed E-state index contributed by atoms with van der Waals surface area (Å²) in [6.45, 7) is 14.1. The number of aliphatic hydroxyl groups is 9. The second kappa shape index (κ2) is 23.0. The van der Waals surface area contributed by atoms with E-state index in [1.165, 1.54) is 6.92 Å². The molecule has 4 aliphatic carbocycles. The minimum atomic E-state index is -1.81. The molecule has 0 aromatic rings. The molecule has 25 nitrogen and oxygen atoms in total. The van der Waals surface area contributed by atoms with E-state index in [0.717, 1.165) is 39.2 Å². The Bertz CT molecular complexity index is 2270. The molecule has 9 N–H and O–H groups in total. The number of esters is 3. The van der Waals surface area contributed by atoms with E-state index in [0.29, 0.717) is 19.3 Å². The van der Waals surface area contributed by atoms with Crippen LogP contribution < -0.4 is 0 Å². The summed E-state index contributed by atoms with van der Waals surface area (Å²) in [5, 5.41) is 99.6. The van der Waals surface area contributed by atoms with Gasteiger partial charge in [-0.1, -0.05) is 39.3 Å². The van der Waals surface area contributed by atoms with E-state index in [1.54, 1.807) is 6.92 Å². The average Bonchev–Trinajstić information content (AvgIpc) is 4.09. The molecule has 32 atom stereocenters. The van der Waals surface area contributed by atoms with Crippen LogP contribution in [0.5, 0.6) is 0 Å². The van der Waals surface area contributed by atoms with Crippen LogP contribution >= 0.6 is 0 Å². The maximum absolute atomic E-state index is 12.8. The summed E-state index contributed by atoms with van der Waals surface area (Å²) in [5.74, 6) is -4.39. The van der Waals surface area contributed by atoms with Crippen LogP contribution in [0.2, 0.25) is 0 Å². The molecule has 6 saturated heterocycles. The lowest BCUT2D eigenvalue weighted by atomic mass is 9.46. The number of carbonyl (C=O) groups is 3. The monoisotopic (exact) mass is 1140 g/mol. The summed E-state index contributed by atoms with van der Waals surface area (Å²) in [6.07, 6.45) is -24.9. The van der Waals surface area contributed by atoms with Crippen molar-refractivity contribution in [3.63, 3.8) is 0 Å². The Morgan fingerprint density at radius 1 is 0.600 bits per heavy atom. The highest BCUT2D eigenvalue weighted by Crippen LogP contribution is 2.71. The van der Waals surface area contributed by atoms with Gasteiger partial charge in [-0.25, -0.2) is 0 Å². The third-order valence-corrected chi connectivity index (χ3v) is 20.1. The van der Waals surface area contributed by atoms with E-state index in [9.17, 15) is 60.3 Å². The smallest absolute Gasteiger partial charge is 0.303 e. The van der Waals surface area contributed by atoms with Crippen molar-refractivity contribution in [2.24, 2.45) is 46.3 Å². The van der Waals surface area contributed by atoms with Gasteiger partial charge < -0.3 is 108 Å². The lowest BCUT2D eigenvalue weighted by Gasteiger charge is -2.61. The summed E-state index contributed by atoms with van der Waals surface area (Å²) >= 11 is 0. The first kappa shape index (κ1) is 60.5. The molecule has 0 bridgehead atoms. The van der Waals surface area contributed by atoms with Gasteiger partial charge in [-0.15, -0.1) is 0 Å². The zero-order chi connectivity index (χ0) is 57.8. The van der Waals surface area contributed by atoms with Gasteiger partial charge in [-0.3, -0.25) is 14.4 Å². The van der Waals surface area contributed by atoms with Crippen molar-refractivity contribution in [2.45, 2.75) is 248 Å². The van der Waals surface area contributed by atoms with Crippen molar-refractivity contribution in [2.75, 3.05) is 19.8 Å². The van der Waals surface area contributed by atoms with E-state index >= 15 is 0 Å². The Morgan fingerprint density at radius 2 is 1.21 bits per heavy atom. The normalized spacial score (nSPS) is 53.8. The fourth-order valence-electron chi connectivity index (χ4n) is 16.1. The second-order valence-electron chi connectivity index (χ2n) is 25.0. The molecule has 0 radical (unpaired) electrons. The number of carbonyl (C=O) groups excluding carboxylic acids is 3. The molecule has 0 unspecified atom stereocenters. The largest absolute Gasteiger partial charge is 0.456 e. The molecule has 25 heteroatoms. The summed E-state index contributed by atoms with van der Waals surface area (Å²) in [4.78, 5) is 37.8. The maximum atomic E-state index is 12.8. The zero-order valence-corrected chi connectivity index (χ0v) is 46.7. The van der Waals surface area contributed by atoms with Gasteiger partial charge in [0.2, 0.25) is 0 Å². The predicted molar refractivity (Wildman–Crippen MR) is 266 cm³/mol. The molecule has 0 aromatic heterocycles. The van der Waals surface area contributed by atoms with Crippen molar-refractivity contribution in [3.05, 3.63) is 11.6 Å². The third-order valence-electron chi connectivity index (χ3n) is 20.1. The number of fused-ring (bicyclic) bond motifs is 7. The summed E-state index contributed by atoms with van der Waals surface area (Å²) < 4.78 is 81.0. The van der Waals surface area contributed by atoms with Gasteiger partial charge in [0.1, 0.15) is 61.0 Å². The molecule has 9 fully saturated rings. The SMILES string of the molecule is CC(=O)O[C@@H]1[C@@H](OC(C)=O)[C@H](C)O[C@@H](O[C@H]2[C@H](O[C@@H]3C[C@H](O)CC4=CC[C@H]5[C@@H]6C[C@@H]7O[C@@]8(OC[C@H](C)[C@H](O[C@@H]9O[C@H](C)[C@H](O)[C@H](O)[C@H]9O)[C@@H]8O)[C@@H](C)[C@@H]7[C@@]6(C)CC[C@@H]5[C@]43C)OC[C@H](O)[C@@H]2O[C@@H]2OC[C@@H](O)[C@H](O)[C@H]2O)[C@@H]1OC(C)=O. The van der Waals surface area contributed by atoms with E-state index in [1.807, 2.05) is 13.8 Å². The molecule has 80 heavy (non-hydrogen) atoms. The van der Waals surface area contributed by atoms with Crippen molar-refractivity contribution in [1.29, 1.82) is 0 Å². The van der Waals surface area contributed by atoms with E-state index in [2.05, 4.69) is 19.9 Å². The standard InChI is InChI=1S/C55H84O25/c1-20-17-70-55(48(67)42(20)77-50-41(66)39(64)37(62)22(3)71-50)21(2)36-34(80-55)16-31-29-11-10-27-14-28(59)15-35(54(27,9)30(29)12-13-53(31,36)8)76-51-46(44(33(61)19-69-51)78-49-40(65)38(63)32(60)18-68-49)79-52-47(75-26(7)58)45(74-25(6)57)43(23(4)72-52)73-24(5)56/h10,20-23,28-52,59-67H,11-19H2,1-9H3/t20-,21-,22+,23-,28+,29+,30-,31-,32+,33-,34-,35+,36-,37-,38-,39-,40+,41+,42-,43-,44-,45+,46+,47+,48-,49-,50-,51-,52-,53-,54-,55-/m0/s1. The van der Waals surface area contributed by atoms with Gasteiger partial charge >= 0.3 is 17.9 Å². The highest BCUT2D eigenvalue weighted by atomic mass is 16.8. The Morgan fingerprint density at radius 3 is 1.91 bits per heavy atom.